The van der Waals surface area contributed by atoms with Gasteiger partial charge in [0.2, 0.25) is 0 Å². The Labute approximate surface area is 110 Å². The Balaban J connectivity index is 1.89. The molecule has 1 N–H and O–H groups in total. The highest BCUT2D eigenvalue weighted by Gasteiger charge is 2.28. The van der Waals surface area contributed by atoms with Crippen LogP contribution in [0.4, 0.5) is 5.82 Å². The summed E-state index contributed by atoms with van der Waals surface area (Å²) < 4.78 is 0. The molecule has 1 aliphatic heterocycles. The standard InChI is InChI=1S/C13H14N4O2/c18-17(19)13-9-16(8-7-14-13)12-6-5-10-3-1-2-4-11(10)15-12/h1-6,13-14H,7-9H2. The number of pyridine rings is 1. The fraction of sp³-hybridized carbons (Fsp3) is 0.308. The minimum Gasteiger partial charge on any atom is -0.347 e. The third-order valence-electron chi connectivity index (χ3n) is 3.32. The molecule has 0 bridgehead atoms. The number of hydrogen-bond acceptors (Lipinski definition) is 5. The van der Waals surface area contributed by atoms with Crippen molar-refractivity contribution < 1.29 is 4.92 Å². The van der Waals surface area contributed by atoms with Crippen molar-refractivity contribution in [3.8, 4) is 0 Å². The van der Waals surface area contributed by atoms with Crippen molar-refractivity contribution >= 4 is 16.7 Å². The van der Waals surface area contributed by atoms with Crippen LogP contribution in [0.3, 0.4) is 0 Å². The van der Waals surface area contributed by atoms with Gasteiger partial charge in [0, 0.05) is 23.4 Å². The first kappa shape index (κ1) is 11.9. The maximum Gasteiger partial charge on any atom is 0.283 e. The van der Waals surface area contributed by atoms with Crippen LogP contribution >= 0.6 is 0 Å². The van der Waals surface area contributed by atoms with Crippen molar-refractivity contribution in [3.05, 3.63) is 46.5 Å². The van der Waals surface area contributed by atoms with Gasteiger partial charge < -0.3 is 4.90 Å². The number of fused-ring (bicyclic) bond motifs is 1. The van der Waals surface area contributed by atoms with Gasteiger partial charge >= 0.3 is 0 Å². The van der Waals surface area contributed by atoms with E-state index >= 15 is 0 Å². The van der Waals surface area contributed by atoms with E-state index in [9.17, 15) is 10.1 Å². The molecule has 0 saturated carbocycles. The van der Waals surface area contributed by atoms with Gasteiger partial charge in [-0.3, -0.25) is 15.4 Å². The molecule has 2 aromatic rings. The Morgan fingerprint density at radius 3 is 3.00 bits per heavy atom. The van der Waals surface area contributed by atoms with E-state index in [0.717, 1.165) is 23.3 Å². The molecule has 0 spiro atoms. The van der Waals surface area contributed by atoms with E-state index in [0.29, 0.717) is 13.1 Å². The quantitative estimate of drug-likeness (QED) is 0.648. The maximum absolute atomic E-state index is 10.8. The molecule has 1 unspecified atom stereocenters. The van der Waals surface area contributed by atoms with Gasteiger partial charge in [-0.2, -0.15) is 0 Å². The number of aromatic nitrogens is 1. The number of nitro groups is 1. The number of hydrogen-bond donors (Lipinski definition) is 1. The molecule has 3 rings (SSSR count). The van der Waals surface area contributed by atoms with Crippen molar-refractivity contribution in [1.29, 1.82) is 0 Å². The zero-order valence-corrected chi connectivity index (χ0v) is 10.3. The lowest BCUT2D eigenvalue weighted by Gasteiger charge is -2.30. The van der Waals surface area contributed by atoms with Crippen LogP contribution in [0.25, 0.3) is 10.9 Å². The second kappa shape index (κ2) is 4.81. The summed E-state index contributed by atoms with van der Waals surface area (Å²) in [5.41, 5.74) is 0.913. The number of para-hydroxylation sites is 1. The summed E-state index contributed by atoms with van der Waals surface area (Å²) in [7, 11) is 0. The van der Waals surface area contributed by atoms with Gasteiger partial charge in [-0.15, -0.1) is 0 Å². The SMILES string of the molecule is O=[N+]([O-])C1CN(c2ccc3ccccc3n2)CCN1. The second-order valence-corrected chi connectivity index (χ2v) is 4.56. The molecule has 6 heteroatoms. The number of nitrogens with zero attached hydrogens (tertiary/aromatic N) is 3. The molecule has 6 nitrogen and oxygen atoms in total. The minimum absolute atomic E-state index is 0.285. The molecular weight excluding hydrogens is 244 g/mol. The van der Waals surface area contributed by atoms with Gasteiger partial charge in [0.15, 0.2) is 0 Å². The highest BCUT2D eigenvalue weighted by molar-refractivity contribution is 5.80. The molecule has 1 aromatic carbocycles. The lowest BCUT2D eigenvalue weighted by molar-refractivity contribution is -0.527. The molecule has 1 fully saturated rings. The summed E-state index contributed by atoms with van der Waals surface area (Å²) >= 11 is 0. The summed E-state index contributed by atoms with van der Waals surface area (Å²) in [6.45, 7) is 1.67. The monoisotopic (exact) mass is 258 g/mol. The predicted molar refractivity (Wildman–Crippen MR) is 72.7 cm³/mol. The highest BCUT2D eigenvalue weighted by atomic mass is 16.6. The van der Waals surface area contributed by atoms with Gasteiger partial charge in [0.25, 0.3) is 6.17 Å². The Morgan fingerprint density at radius 2 is 2.16 bits per heavy atom. The smallest absolute Gasteiger partial charge is 0.283 e. The van der Waals surface area contributed by atoms with Crippen molar-refractivity contribution in [1.82, 2.24) is 10.3 Å². The summed E-state index contributed by atoms with van der Waals surface area (Å²) in [6, 6.07) is 11.8. The average Bonchev–Trinajstić information content (AvgIpc) is 2.47. The van der Waals surface area contributed by atoms with Gasteiger partial charge in [-0.25, -0.2) is 4.98 Å². The first-order valence-corrected chi connectivity index (χ1v) is 6.22. The molecule has 0 aliphatic carbocycles. The molecule has 0 radical (unpaired) electrons. The topological polar surface area (TPSA) is 71.3 Å². The van der Waals surface area contributed by atoms with E-state index in [-0.39, 0.29) is 4.92 Å². The van der Waals surface area contributed by atoms with Crippen LogP contribution in [0, 0.1) is 10.1 Å². The van der Waals surface area contributed by atoms with Crippen LogP contribution in [-0.2, 0) is 0 Å². The highest BCUT2D eigenvalue weighted by Crippen LogP contribution is 2.18. The van der Waals surface area contributed by atoms with E-state index < -0.39 is 6.17 Å². The summed E-state index contributed by atoms with van der Waals surface area (Å²) in [4.78, 5) is 17.1. The third kappa shape index (κ3) is 2.34. The Bertz CT molecular complexity index is 616. The van der Waals surface area contributed by atoms with Crippen molar-refractivity contribution in [2.24, 2.45) is 0 Å². The number of rotatable bonds is 2. The van der Waals surface area contributed by atoms with E-state index in [2.05, 4.69) is 10.3 Å². The first-order valence-electron chi connectivity index (χ1n) is 6.22. The normalized spacial score (nSPS) is 19.6. The number of piperazine rings is 1. The van der Waals surface area contributed by atoms with E-state index in [1.54, 1.807) is 0 Å². The van der Waals surface area contributed by atoms with Crippen LogP contribution in [0.1, 0.15) is 0 Å². The molecule has 1 atom stereocenters. The average molecular weight is 258 g/mol. The third-order valence-corrected chi connectivity index (χ3v) is 3.32. The fourth-order valence-corrected chi connectivity index (χ4v) is 2.31. The maximum atomic E-state index is 10.8. The van der Waals surface area contributed by atoms with Crippen molar-refractivity contribution in [3.63, 3.8) is 0 Å². The molecule has 1 aromatic heterocycles. The molecular formula is C13H14N4O2. The van der Waals surface area contributed by atoms with Gasteiger partial charge in [0.1, 0.15) is 12.4 Å². The Morgan fingerprint density at radius 1 is 1.32 bits per heavy atom. The van der Waals surface area contributed by atoms with Crippen LogP contribution in [-0.4, -0.2) is 35.7 Å². The van der Waals surface area contributed by atoms with Crippen LogP contribution in [0.15, 0.2) is 36.4 Å². The summed E-state index contributed by atoms with van der Waals surface area (Å²) in [6.07, 6.45) is -0.720. The Kier molecular flexibility index (Phi) is 3.00. The molecule has 0 amide bonds. The molecule has 1 saturated heterocycles. The van der Waals surface area contributed by atoms with Gasteiger partial charge in [-0.1, -0.05) is 18.2 Å². The fourth-order valence-electron chi connectivity index (χ4n) is 2.31. The minimum atomic E-state index is -0.720. The number of nitrogens with one attached hydrogen (secondary N) is 1. The summed E-state index contributed by atoms with van der Waals surface area (Å²) in [5, 5.41) is 14.8. The van der Waals surface area contributed by atoms with Crippen molar-refractivity contribution in [2.75, 3.05) is 24.5 Å². The Hall–Kier alpha value is -2.21. The van der Waals surface area contributed by atoms with E-state index in [1.165, 1.54) is 0 Å². The van der Waals surface area contributed by atoms with E-state index in [4.69, 9.17) is 0 Å². The zero-order chi connectivity index (χ0) is 13.2. The number of anilines is 1. The largest absolute Gasteiger partial charge is 0.347 e. The van der Waals surface area contributed by atoms with Crippen LogP contribution in [0.5, 0.6) is 0 Å². The molecule has 1 aliphatic rings. The van der Waals surface area contributed by atoms with Gasteiger partial charge in [0.05, 0.1) is 5.52 Å². The molecule has 2 heterocycles. The molecule has 19 heavy (non-hydrogen) atoms. The number of benzene rings is 1. The van der Waals surface area contributed by atoms with Crippen molar-refractivity contribution in [2.45, 2.75) is 6.17 Å². The van der Waals surface area contributed by atoms with Gasteiger partial charge in [-0.05, 0) is 18.2 Å². The lowest BCUT2D eigenvalue weighted by atomic mass is 10.2. The van der Waals surface area contributed by atoms with E-state index in [1.807, 2.05) is 41.3 Å². The van der Waals surface area contributed by atoms with Crippen LogP contribution < -0.4 is 10.2 Å². The summed E-state index contributed by atoms with van der Waals surface area (Å²) in [5.74, 6) is 0.798. The lowest BCUT2D eigenvalue weighted by Crippen LogP contribution is -2.54. The predicted octanol–water partition coefficient (Wildman–Crippen LogP) is 1.25. The first-order chi connectivity index (χ1) is 9.24. The second-order valence-electron chi connectivity index (χ2n) is 4.56. The molecule has 98 valence electrons. The van der Waals surface area contributed by atoms with Crippen LogP contribution in [0.2, 0.25) is 0 Å². The zero-order valence-electron chi connectivity index (χ0n) is 10.3.